The van der Waals surface area contributed by atoms with Gasteiger partial charge in [0.1, 0.15) is 0 Å². The Hall–Kier alpha value is -1.16. The Morgan fingerprint density at radius 3 is 2.47 bits per heavy atom. The van der Waals surface area contributed by atoms with Gasteiger partial charge in [0.05, 0.1) is 11.6 Å². The average molecular weight is 278 g/mol. The normalized spacial score (nSPS) is 23.9. The number of aromatic nitrogens is 1. The average Bonchev–Trinajstić information content (AvgIpc) is 2.62. The molecule has 1 saturated carbocycles. The fourth-order valence-electron chi connectivity index (χ4n) is 2.56. The van der Waals surface area contributed by atoms with Crippen molar-refractivity contribution in [3.63, 3.8) is 0 Å². The summed E-state index contributed by atoms with van der Waals surface area (Å²) in [4.78, 5) is 17.9. The fraction of sp³-hybridized carbons (Fsp3) is 0.600. The zero-order valence-corrected chi connectivity index (χ0v) is 13.3. The Labute approximate surface area is 119 Å². The van der Waals surface area contributed by atoms with E-state index in [0.717, 1.165) is 15.7 Å². The number of nitrogens with zero attached hydrogens (tertiary/aromatic N) is 1. The van der Waals surface area contributed by atoms with Gasteiger partial charge < -0.3 is 5.32 Å². The standard InChI is InChI=1S/C15H22N2OS/c1-8(2)7-11-12(15(11,5)6)13(18)17-14-16-9(3)10(4)19-14/h7,11-12H,1-6H3,(H,16,17,18)/t11-,12-/m0/s1. The summed E-state index contributed by atoms with van der Waals surface area (Å²) in [5.74, 6) is 0.507. The molecule has 1 amide bonds. The van der Waals surface area contributed by atoms with Crippen molar-refractivity contribution in [3.8, 4) is 0 Å². The highest BCUT2D eigenvalue weighted by atomic mass is 32.1. The molecule has 4 heteroatoms. The third-order valence-electron chi connectivity index (χ3n) is 3.96. The molecule has 1 aromatic heterocycles. The molecule has 0 radical (unpaired) electrons. The number of rotatable bonds is 3. The molecule has 0 unspecified atom stereocenters. The van der Waals surface area contributed by atoms with E-state index in [0.29, 0.717) is 5.92 Å². The Morgan fingerprint density at radius 2 is 2.00 bits per heavy atom. The number of anilines is 1. The second kappa shape index (κ2) is 4.75. The van der Waals surface area contributed by atoms with Crippen LogP contribution in [0.4, 0.5) is 5.13 Å². The molecule has 0 saturated heterocycles. The van der Waals surface area contributed by atoms with Crippen LogP contribution in [0.5, 0.6) is 0 Å². The van der Waals surface area contributed by atoms with E-state index in [4.69, 9.17) is 0 Å². The Bertz CT molecular complexity index is 519. The van der Waals surface area contributed by atoms with Crippen LogP contribution >= 0.6 is 11.3 Å². The first-order chi connectivity index (χ1) is 8.73. The Balaban J connectivity index is 2.07. The first kappa shape index (κ1) is 14.3. The lowest BCUT2D eigenvalue weighted by atomic mass is 10.1. The largest absolute Gasteiger partial charge is 0.302 e. The molecule has 0 aliphatic heterocycles. The first-order valence-electron chi connectivity index (χ1n) is 6.63. The molecule has 2 atom stereocenters. The van der Waals surface area contributed by atoms with Crippen molar-refractivity contribution < 1.29 is 4.79 Å². The van der Waals surface area contributed by atoms with Gasteiger partial charge in [-0.1, -0.05) is 25.5 Å². The summed E-state index contributed by atoms with van der Waals surface area (Å²) in [6, 6.07) is 0. The summed E-state index contributed by atoms with van der Waals surface area (Å²) in [6.45, 7) is 12.5. The summed E-state index contributed by atoms with van der Waals surface area (Å²) in [5, 5.41) is 3.68. The maximum Gasteiger partial charge on any atom is 0.230 e. The zero-order valence-electron chi connectivity index (χ0n) is 12.5. The van der Waals surface area contributed by atoms with Crippen molar-refractivity contribution in [1.29, 1.82) is 0 Å². The van der Waals surface area contributed by atoms with Crippen LogP contribution in [0.1, 0.15) is 38.3 Å². The van der Waals surface area contributed by atoms with Crippen molar-refractivity contribution in [3.05, 3.63) is 22.2 Å². The molecule has 104 valence electrons. The number of nitrogens with one attached hydrogen (secondary N) is 1. The lowest BCUT2D eigenvalue weighted by Crippen LogP contribution is -2.16. The Morgan fingerprint density at radius 1 is 1.37 bits per heavy atom. The van der Waals surface area contributed by atoms with Crippen molar-refractivity contribution in [2.45, 2.75) is 41.5 Å². The van der Waals surface area contributed by atoms with Gasteiger partial charge in [0.15, 0.2) is 5.13 Å². The molecule has 0 bridgehead atoms. The Kier molecular flexibility index (Phi) is 3.56. The molecule has 1 N–H and O–H groups in total. The molecule has 1 aromatic rings. The van der Waals surface area contributed by atoms with Gasteiger partial charge in [0, 0.05) is 4.88 Å². The van der Waals surface area contributed by atoms with E-state index in [1.807, 2.05) is 13.8 Å². The van der Waals surface area contributed by atoms with Crippen molar-refractivity contribution in [2.75, 3.05) is 5.32 Å². The molecular weight excluding hydrogens is 256 g/mol. The summed E-state index contributed by atoms with van der Waals surface area (Å²) in [6.07, 6.45) is 2.21. The molecule has 1 heterocycles. The van der Waals surface area contributed by atoms with E-state index in [9.17, 15) is 4.79 Å². The van der Waals surface area contributed by atoms with E-state index in [-0.39, 0.29) is 17.2 Å². The number of carbonyl (C=O) groups is 1. The van der Waals surface area contributed by atoms with Gasteiger partial charge in [-0.25, -0.2) is 4.98 Å². The molecule has 1 fully saturated rings. The number of amides is 1. The minimum absolute atomic E-state index is 0.0582. The molecule has 1 aliphatic rings. The number of thiazole rings is 1. The first-order valence-corrected chi connectivity index (χ1v) is 7.45. The predicted molar refractivity (Wildman–Crippen MR) is 80.4 cm³/mol. The lowest BCUT2D eigenvalue weighted by molar-refractivity contribution is -0.118. The van der Waals surface area contributed by atoms with E-state index in [1.165, 1.54) is 5.57 Å². The molecule has 0 spiro atoms. The summed E-state index contributed by atoms with van der Waals surface area (Å²) >= 11 is 1.54. The fourth-order valence-corrected chi connectivity index (χ4v) is 3.38. The number of hydrogen-bond donors (Lipinski definition) is 1. The van der Waals surface area contributed by atoms with Gasteiger partial charge in [-0.05, 0) is 39.0 Å². The van der Waals surface area contributed by atoms with Crippen LogP contribution in [0.15, 0.2) is 11.6 Å². The van der Waals surface area contributed by atoms with E-state index >= 15 is 0 Å². The van der Waals surface area contributed by atoms with Crippen LogP contribution in [0, 0.1) is 31.1 Å². The highest BCUT2D eigenvalue weighted by Gasteiger charge is 2.60. The second-order valence-corrected chi connectivity index (χ2v) is 7.42. The van der Waals surface area contributed by atoms with Crippen LogP contribution in [-0.2, 0) is 4.79 Å². The summed E-state index contributed by atoms with van der Waals surface area (Å²) < 4.78 is 0. The molecule has 1 aliphatic carbocycles. The minimum atomic E-state index is 0.0582. The van der Waals surface area contributed by atoms with E-state index in [2.05, 4.69) is 44.1 Å². The van der Waals surface area contributed by atoms with Crippen molar-refractivity contribution in [1.82, 2.24) is 4.98 Å². The molecule has 2 rings (SSSR count). The van der Waals surface area contributed by atoms with Gasteiger partial charge in [0.2, 0.25) is 5.91 Å². The van der Waals surface area contributed by atoms with Crippen molar-refractivity contribution in [2.24, 2.45) is 17.3 Å². The van der Waals surface area contributed by atoms with Gasteiger partial charge >= 0.3 is 0 Å². The maximum atomic E-state index is 12.3. The van der Waals surface area contributed by atoms with Gasteiger partial charge in [0.25, 0.3) is 0 Å². The zero-order chi connectivity index (χ0) is 14.4. The SMILES string of the molecule is CC(C)=C[C@H]1[C@@H](C(=O)Nc2nc(C)c(C)s2)C1(C)C. The van der Waals surface area contributed by atoms with Crippen LogP contribution in [0.2, 0.25) is 0 Å². The summed E-state index contributed by atoms with van der Waals surface area (Å²) in [7, 11) is 0. The highest BCUT2D eigenvalue weighted by Crippen LogP contribution is 2.59. The monoisotopic (exact) mass is 278 g/mol. The molecule has 0 aromatic carbocycles. The summed E-state index contributed by atoms with van der Waals surface area (Å²) in [5.41, 5.74) is 2.33. The second-order valence-electron chi connectivity index (χ2n) is 6.22. The van der Waals surface area contributed by atoms with Gasteiger partial charge in [-0.2, -0.15) is 0 Å². The van der Waals surface area contributed by atoms with Crippen LogP contribution < -0.4 is 5.32 Å². The smallest absolute Gasteiger partial charge is 0.230 e. The quantitative estimate of drug-likeness (QED) is 0.851. The van der Waals surface area contributed by atoms with Crippen molar-refractivity contribution >= 4 is 22.4 Å². The molecule has 3 nitrogen and oxygen atoms in total. The van der Waals surface area contributed by atoms with Crippen LogP contribution in [0.25, 0.3) is 0 Å². The molecular formula is C15H22N2OS. The third-order valence-corrected chi connectivity index (χ3v) is 4.95. The van der Waals surface area contributed by atoms with Crippen LogP contribution in [0.3, 0.4) is 0 Å². The predicted octanol–water partition coefficient (Wildman–Crippen LogP) is 3.94. The number of carbonyl (C=O) groups excluding carboxylic acids is 1. The number of allylic oxidation sites excluding steroid dienone is 2. The topological polar surface area (TPSA) is 42.0 Å². The molecule has 19 heavy (non-hydrogen) atoms. The highest BCUT2D eigenvalue weighted by molar-refractivity contribution is 7.15. The van der Waals surface area contributed by atoms with Gasteiger partial charge in [-0.3, -0.25) is 4.79 Å². The third kappa shape index (κ3) is 2.73. The minimum Gasteiger partial charge on any atom is -0.302 e. The lowest BCUT2D eigenvalue weighted by Gasteiger charge is -2.02. The van der Waals surface area contributed by atoms with Gasteiger partial charge in [-0.15, -0.1) is 11.3 Å². The maximum absolute atomic E-state index is 12.3. The number of hydrogen-bond acceptors (Lipinski definition) is 3. The number of aryl methyl sites for hydroxylation is 2. The van der Waals surface area contributed by atoms with Crippen LogP contribution in [-0.4, -0.2) is 10.9 Å². The van der Waals surface area contributed by atoms with E-state index < -0.39 is 0 Å². The van der Waals surface area contributed by atoms with E-state index in [1.54, 1.807) is 11.3 Å².